The van der Waals surface area contributed by atoms with Crippen molar-refractivity contribution >= 4 is 11.6 Å². The quantitative estimate of drug-likeness (QED) is 0.657. The summed E-state index contributed by atoms with van der Waals surface area (Å²) in [7, 11) is 0. The molecule has 1 heterocycles. The molecule has 1 aromatic rings. The molecule has 3 atom stereocenters. The largest absolute Gasteiger partial charge is 0.508 e. The summed E-state index contributed by atoms with van der Waals surface area (Å²) in [6, 6.07) is 2.12. The third-order valence-electron chi connectivity index (χ3n) is 3.92. The summed E-state index contributed by atoms with van der Waals surface area (Å²) in [5, 5.41) is 29.5. The highest BCUT2D eigenvalue weighted by Gasteiger charge is 2.44. The number of hydrogen-bond acceptors (Lipinski definition) is 6. The van der Waals surface area contributed by atoms with Gasteiger partial charge < -0.3 is 20.1 Å². The predicted octanol–water partition coefficient (Wildman–Crippen LogP) is 0.941. The van der Waals surface area contributed by atoms with Crippen LogP contribution in [0.3, 0.4) is 0 Å². The van der Waals surface area contributed by atoms with Gasteiger partial charge in [0.15, 0.2) is 11.6 Å². The molecule has 0 amide bonds. The molecular weight excluding hydrogens is 276 g/mol. The van der Waals surface area contributed by atoms with E-state index in [9.17, 15) is 24.9 Å². The van der Waals surface area contributed by atoms with E-state index in [4.69, 9.17) is 4.74 Å². The zero-order chi connectivity index (χ0) is 15.5. The zero-order valence-electron chi connectivity index (χ0n) is 11.5. The molecule has 3 rings (SSSR count). The van der Waals surface area contributed by atoms with Crippen molar-refractivity contribution in [2.45, 2.75) is 32.2 Å². The van der Waals surface area contributed by atoms with Gasteiger partial charge in [-0.05, 0) is 19.9 Å². The summed E-state index contributed by atoms with van der Waals surface area (Å²) < 4.78 is 5.45. The van der Waals surface area contributed by atoms with Crippen molar-refractivity contribution in [2.75, 3.05) is 0 Å². The normalized spacial score (nSPS) is 28.4. The Balaban J connectivity index is 2.29. The number of rotatable bonds is 0. The number of Topliss-reactive ketones (excluding diaryl/α,β-unsaturated/α-hetero) is 2. The Hall–Kier alpha value is -2.18. The molecule has 0 saturated carbocycles. The van der Waals surface area contributed by atoms with E-state index in [-0.39, 0.29) is 28.0 Å². The smallest absolute Gasteiger partial charge is 0.196 e. The van der Waals surface area contributed by atoms with Crippen LogP contribution >= 0.6 is 0 Å². The molecule has 21 heavy (non-hydrogen) atoms. The Bertz CT molecular complexity index is 702. The highest BCUT2D eigenvalue weighted by atomic mass is 16.5. The molecule has 3 N–H and O–H groups in total. The van der Waals surface area contributed by atoms with Gasteiger partial charge in [0.1, 0.15) is 17.6 Å². The Morgan fingerprint density at radius 3 is 2.38 bits per heavy atom. The lowest BCUT2D eigenvalue weighted by atomic mass is 9.77. The minimum absolute atomic E-state index is 0.0104. The van der Waals surface area contributed by atoms with Crippen LogP contribution in [0.15, 0.2) is 23.3 Å². The highest BCUT2D eigenvalue weighted by molar-refractivity contribution is 6.28. The number of ether oxygens (including phenoxy) is 1. The highest BCUT2D eigenvalue weighted by Crippen LogP contribution is 2.40. The van der Waals surface area contributed by atoms with E-state index in [2.05, 4.69) is 0 Å². The van der Waals surface area contributed by atoms with Crippen molar-refractivity contribution < 1.29 is 29.6 Å². The van der Waals surface area contributed by atoms with Crippen molar-refractivity contribution in [2.24, 2.45) is 0 Å². The monoisotopic (exact) mass is 290 g/mol. The fourth-order valence-electron chi connectivity index (χ4n) is 2.95. The number of phenols is 2. The molecule has 6 nitrogen and oxygen atoms in total. The summed E-state index contributed by atoms with van der Waals surface area (Å²) in [5.74, 6) is -1.91. The first-order valence-corrected chi connectivity index (χ1v) is 6.56. The van der Waals surface area contributed by atoms with Gasteiger partial charge in [-0.25, -0.2) is 0 Å². The Morgan fingerprint density at radius 2 is 1.71 bits per heavy atom. The molecular formula is C15H14O6. The third kappa shape index (κ3) is 1.80. The predicted molar refractivity (Wildman–Crippen MR) is 71.5 cm³/mol. The third-order valence-corrected chi connectivity index (χ3v) is 3.92. The van der Waals surface area contributed by atoms with Gasteiger partial charge in [0.2, 0.25) is 0 Å². The molecule has 1 aliphatic carbocycles. The van der Waals surface area contributed by atoms with E-state index in [1.165, 1.54) is 0 Å². The number of hydrogen-bond donors (Lipinski definition) is 3. The molecule has 1 aromatic carbocycles. The molecule has 0 saturated heterocycles. The molecule has 0 spiro atoms. The Kier molecular flexibility index (Phi) is 2.89. The molecule has 1 aliphatic heterocycles. The van der Waals surface area contributed by atoms with Gasteiger partial charge in [0.25, 0.3) is 0 Å². The molecule has 110 valence electrons. The Morgan fingerprint density at radius 1 is 1.05 bits per heavy atom. The van der Waals surface area contributed by atoms with Gasteiger partial charge in [-0.15, -0.1) is 0 Å². The van der Waals surface area contributed by atoms with Gasteiger partial charge in [0.05, 0.1) is 17.8 Å². The molecule has 0 fully saturated rings. The van der Waals surface area contributed by atoms with Crippen LogP contribution in [0.25, 0.3) is 0 Å². The minimum Gasteiger partial charge on any atom is -0.508 e. The number of aromatic hydroxyl groups is 2. The standard InChI is InChI=1S/C15H14O6/c1-5-10-12(13(18)6(2)21-5)14(19)8-3-7(16)4-9(17)11(8)15(10)20/h3-6,13,16-18H,1-2H3/t5-,6+,13-/m1/s1. The summed E-state index contributed by atoms with van der Waals surface area (Å²) in [5.41, 5.74) is -0.201. The summed E-state index contributed by atoms with van der Waals surface area (Å²) in [6.07, 6.45) is -2.50. The van der Waals surface area contributed by atoms with Gasteiger partial charge in [0, 0.05) is 22.8 Å². The first kappa shape index (κ1) is 13.8. The second kappa shape index (κ2) is 4.41. The van der Waals surface area contributed by atoms with E-state index in [0.717, 1.165) is 12.1 Å². The van der Waals surface area contributed by atoms with Crippen molar-refractivity contribution in [1.82, 2.24) is 0 Å². The number of aliphatic hydroxyl groups is 1. The van der Waals surface area contributed by atoms with E-state index in [1.807, 2.05) is 0 Å². The van der Waals surface area contributed by atoms with Crippen LogP contribution in [0.5, 0.6) is 11.5 Å². The summed E-state index contributed by atoms with van der Waals surface area (Å²) in [4.78, 5) is 25.1. The van der Waals surface area contributed by atoms with Crippen molar-refractivity contribution in [3.8, 4) is 11.5 Å². The van der Waals surface area contributed by atoms with Crippen LogP contribution in [-0.4, -0.2) is 45.2 Å². The first-order valence-electron chi connectivity index (χ1n) is 6.56. The van der Waals surface area contributed by atoms with Gasteiger partial charge in [-0.2, -0.15) is 0 Å². The number of phenolic OH excluding ortho intramolecular Hbond substituents is 2. The van der Waals surface area contributed by atoms with Gasteiger partial charge >= 0.3 is 0 Å². The topological polar surface area (TPSA) is 104 Å². The van der Waals surface area contributed by atoms with E-state index < -0.39 is 35.6 Å². The molecule has 0 aromatic heterocycles. The SMILES string of the molecule is C[C@@H]1O[C@H](C)C2=C(C(=O)c3cc(O)cc(O)c3C2=O)[C@@H]1O. The summed E-state index contributed by atoms with van der Waals surface area (Å²) >= 11 is 0. The molecule has 2 aliphatic rings. The number of carbonyl (C=O) groups excluding carboxylic acids is 2. The molecule has 0 unspecified atom stereocenters. The van der Waals surface area contributed by atoms with Crippen LogP contribution in [0, 0.1) is 0 Å². The fraction of sp³-hybridized carbons (Fsp3) is 0.333. The number of carbonyl (C=O) groups is 2. The van der Waals surface area contributed by atoms with Crippen LogP contribution in [0.1, 0.15) is 34.6 Å². The van der Waals surface area contributed by atoms with Crippen molar-refractivity contribution in [1.29, 1.82) is 0 Å². The van der Waals surface area contributed by atoms with Crippen LogP contribution in [0.4, 0.5) is 0 Å². The first-order chi connectivity index (χ1) is 9.82. The maximum absolute atomic E-state index is 12.6. The minimum atomic E-state index is -1.22. The maximum atomic E-state index is 12.6. The molecule has 6 heteroatoms. The van der Waals surface area contributed by atoms with E-state index >= 15 is 0 Å². The second-order valence-electron chi connectivity index (χ2n) is 5.30. The van der Waals surface area contributed by atoms with Crippen LogP contribution in [0.2, 0.25) is 0 Å². The van der Waals surface area contributed by atoms with Crippen molar-refractivity contribution in [3.05, 3.63) is 34.4 Å². The van der Waals surface area contributed by atoms with Crippen molar-refractivity contribution in [3.63, 3.8) is 0 Å². The number of benzene rings is 1. The van der Waals surface area contributed by atoms with Gasteiger partial charge in [-0.1, -0.05) is 0 Å². The molecule has 0 bridgehead atoms. The number of ketones is 2. The zero-order valence-corrected chi connectivity index (χ0v) is 11.5. The lowest BCUT2D eigenvalue weighted by Gasteiger charge is -2.36. The van der Waals surface area contributed by atoms with Crippen LogP contribution in [-0.2, 0) is 4.74 Å². The average molecular weight is 290 g/mol. The van der Waals surface area contributed by atoms with Gasteiger partial charge in [-0.3, -0.25) is 9.59 Å². The fourth-order valence-corrected chi connectivity index (χ4v) is 2.95. The lowest BCUT2D eigenvalue weighted by molar-refractivity contribution is -0.0493. The molecule has 0 radical (unpaired) electrons. The number of fused-ring (bicyclic) bond motifs is 1. The average Bonchev–Trinajstić information content (AvgIpc) is 2.39. The summed E-state index contributed by atoms with van der Waals surface area (Å²) in [6.45, 7) is 3.23. The Labute approximate surface area is 120 Å². The van der Waals surface area contributed by atoms with Crippen LogP contribution < -0.4 is 0 Å². The van der Waals surface area contributed by atoms with E-state index in [0.29, 0.717) is 0 Å². The number of aliphatic hydroxyl groups excluding tert-OH is 1. The lowest BCUT2D eigenvalue weighted by Crippen LogP contribution is -2.45. The second-order valence-corrected chi connectivity index (χ2v) is 5.30. The maximum Gasteiger partial charge on any atom is 0.196 e. The van der Waals surface area contributed by atoms with E-state index in [1.54, 1.807) is 13.8 Å².